The fourth-order valence-corrected chi connectivity index (χ4v) is 2.04. The van der Waals surface area contributed by atoms with Gasteiger partial charge in [-0.05, 0) is 12.8 Å². The molecule has 1 amide bonds. The van der Waals surface area contributed by atoms with Crippen molar-refractivity contribution in [3.63, 3.8) is 0 Å². The lowest BCUT2D eigenvalue weighted by Crippen LogP contribution is -2.40. The normalized spacial score (nSPS) is 12.4. The smallest absolute Gasteiger partial charge is 0.236 e. The lowest BCUT2D eigenvalue weighted by Gasteiger charge is -2.10. The van der Waals surface area contributed by atoms with Crippen LogP contribution >= 0.6 is 0 Å². The van der Waals surface area contributed by atoms with Gasteiger partial charge in [0.2, 0.25) is 5.91 Å². The Morgan fingerprint density at radius 2 is 1.50 bits per heavy atom. The van der Waals surface area contributed by atoms with E-state index in [1.54, 1.807) is 0 Å². The molecule has 0 aliphatic carbocycles. The van der Waals surface area contributed by atoms with Gasteiger partial charge in [-0.15, -0.1) is 0 Å². The lowest BCUT2D eigenvalue weighted by atomic mass is 10.1. The second-order valence-electron chi connectivity index (χ2n) is 5.16. The number of carbonyl (C=O) groups excluding carboxylic acids is 1. The predicted octanol–water partition coefficient (Wildman–Crippen LogP) is 3.37. The maximum atomic E-state index is 11.5. The Bertz CT molecular complexity index is 195. The van der Waals surface area contributed by atoms with Gasteiger partial charge in [0.25, 0.3) is 0 Å². The SMILES string of the molecule is CCCCCCCCCCNC(=O)C(N)CCC. The summed E-state index contributed by atoms with van der Waals surface area (Å²) in [5, 5.41) is 2.91. The summed E-state index contributed by atoms with van der Waals surface area (Å²) < 4.78 is 0. The molecule has 0 aromatic heterocycles. The van der Waals surface area contributed by atoms with Crippen LogP contribution in [-0.4, -0.2) is 18.5 Å². The van der Waals surface area contributed by atoms with E-state index < -0.39 is 0 Å². The average Bonchev–Trinajstić information content (AvgIpc) is 2.36. The van der Waals surface area contributed by atoms with Gasteiger partial charge in [0.1, 0.15) is 0 Å². The van der Waals surface area contributed by atoms with Crippen molar-refractivity contribution < 1.29 is 4.79 Å². The molecule has 0 rings (SSSR count). The van der Waals surface area contributed by atoms with Crippen molar-refractivity contribution in [2.24, 2.45) is 5.73 Å². The largest absolute Gasteiger partial charge is 0.355 e. The van der Waals surface area contributed by atoms with Gasteiger partial charge in [0.05, 0.1) is 6.04 Å². The molecule has 1 atom stereocenters. The molecule has 0 aromatic carbocycles. The number of carbonyl (C=O) groups is 1. The highest BCUT2D eigenvalue weighted by Gasteiger charge is 2.10. The van der Waals surface area contributed by atoms with E-state index in [1.165, 1.54) is 44.9 Å². The van der Waals surface area contributed by atoms with Gasteiger partial charge in [-0.3, -0.25) is 4.79 Å². The summed E-state index contributed by atoms with van der Waals surface area (Å²) in [7, 11) is 0. The zero-order chi connectivity index (χ0) is 13.6. The van der Waals surface area contributed by atoms with E-state index >= 15 is 0 Å². The van der Waals surface area contributed by atoms with Crippen LogP contribution in [0.5, 0.6) is 0 Å². The third-order valence-electron chi connectivity index (χ3n) is 3.27. The van der Waals surface area contributed by atoms with E-state index in [2.05, 4.69) is 12.2 Å². The lowest BCUT2D eigenvalue weighted by molar-refractivity contribution is -0.122. The number of nitrogens with one attached hydrogen (secondary N) is 1. The quantitative estimate of drug-likeness (QED) is 0.526. The summed E-state index contributed by atoms with van der Waals surface area (Å²) in [6.07, 6.45) is 12.1. The standard InChI is InChI=1S/C15H32N2O/c1-3-5-6-7-8-9-10-11-13-17-15(18)14(16)12-4-2/h14H,3-13,16H2,1-2H3,(H,17,18). The van der Waals surface area contributed by atoms with Crippen LogP contribution in [0.25, 0.3) is 0 Å². The van der Waals surface area contributed by atoms with E-state index in [9.17, 15) is 4.79 Å². The minimum Gasteiger partial charge on any atom is -0.355 e. The van der Waals surface area contributed by atoms with Crippen molar-refractivity contribution in [1.29, 1.82) is 0 Å². The van der Waals surface area contributed by atoms with Gasteiger partial charge in [0, 0.05) is 6.54 Å². The van der Waals surface area contributed by atoms with Gasteiger partial charge in [-0.2, -0.15) is 0 Å². The molecule has 3 nitrogen and oxygen atoms in total. The number of hydrogen-bond acceptors (Lipinski definition) is 2. The molecule has 0 fully saturated rings. The molecule has 108 valence electrons. The van der Waals surface area contributed by atoms with Crippen LogP contribution < -0.4 is 11.1 Å². The molecular formula is C15H32N2O. The van der Waals surface area contributed by atoms with Crippen molar-refractivity contribution >= 4 is 5.91 Å². The highest BCUT2D eigenvalue weighted by molar-refractivity contribution is 5.81. The Labute approximate surface area is 113 Å². The van der Waals surface area contributed by atoms with Gasteiger partial charge in [0.15, 0.2) is 0 Å². The maximum Gasteiger partial charge on any atom is 0.236 e. The van der Waals surface area contributed by atoms with E-state index in [0.29, 0.717) is 0 Å². The molecule has 18 heavy (non-hydrogen) atoms. The Morgan fingerprint density at radius 1 is 0.944 bits per heavy atom. The first kappa shape index (κ1) is 17.4. The van der Waals surface area contributed by atoms with Gasteiger partial charge >= 0.3 is 0 Å². The van der Waals surface area contributed by atoms with Crippen molar-refractivity contribution in [2.75, 3.05) is 6.54 Å². The third-order valence-corrected chi connectivity index (χ3v) is 3.27. The predicted molar refractivity (Wildman–Crippen MR) is 78.5 cm³/mol. The summed E-state index contributed by atoms with van der Waals surface area (Å²) in [6, 6.07) is -0.316. The van der Waals surface area contributed by atoms with E-state index in [4.69, 9.17) is 5.73 Å². The zero-order valence-corrected chi connectivity index (χ0v) is 12.3. The summed E-state index contributed by atoms with van der Waals surface area (Å²) in [5.74, 6) is 0.0137. The maximum absolute atomic E-state index is 11.5. The highest BCUT2D eigenvalue weighted by Crippen LogP contribution is 2.07. The Hall–Kier alpha value is -0.570. The summed E-state index contributed by atoms with van der Waals surface area (Å²) in [4.78, 5) is 11.5. The average molecular weight is 256 g/mol. The minimum atomic E-state index is -0.316. The molecule has 0 radical (unpaired) electrons. The van der Waals surface area contributed by atoms with Crippen LogP contribution in [0, 0.1) is 0 Å². The van der Waals surface area contributed by atoms with Crippen molar-refractivity contribution in [3.05, 3.63) is 0 Å². The third kappa shape index (κ3) is 10.6. The van der Waals surface area contributed by atoms with E-state index in [0.717, 1.165) is 25.8 Å². The molecule has 0 aliphatic rings. The summed E-state index contributed by atoms with van der Waals surface area (Å²) in [6.45, 7) is 5.07. The number of rotatable bonds is 12. The molecule has 1 unspecified atom stereocenters. The molecule has 0 heterocycles. The van der Waals surface area contributed by atoms with Gasteiger partial charge in [-0.25, -0.2) is 0 Å². The molecule has 0 spiro atoms. The monoisotopic (exact) mass is 256 g/mol. The molecule has 0 aliphatic heterocycles. The second kappa shape index (κ2) is 12.9. The molecule has 3 heteroatoms. The number of amides is 1. The summed E-state index contributed by atoms with van der Waals surface area (Å²) in [5.41, 5.74) is 5.72. The first-order chi connectivity index (χ1) is 8.72. The molecule has 0 saturated carbocycles. The number of unbranched alkanes of at least 4 members (excludes halogenated alkanes) is 7. The molecule has 0 saturated heterocycles. The van der Waals surface area contributed by atoms with Crippen LogP contribution in [0.2, 0.25) is 0 Å². The minimum absolute atomic E-state index is 0.0137. The Kier molecular flexibility index (Phi) is 12.5. The second-order valence-corrected chi connectivity index (χ2v) is 5.16. The van der Waals surface area contributed by atoms with Crippen molar-refractivity contribution in [3.8, 4) is 0 Å². The van der Waals surface area contributed by atoms with Gasteiger partial charge in [-0.1, -0.05) is 65.2 Å². The number of hydrogen-bond donors (Lipinski definition) is 2. The highest BCUT2D eigenvalue weighted by atomic mass is 16.2. The fraction of sp³-hybridized carbons (Fsp3) is 0.933. The molecule has 0 bridgehead atoms. The topological polar surface area (TPSA) is 55.1 Å². The van der Waals surface area contributed by atoms with Crippen LogP contribution in [0.15, 0.2) is 0 Å². The van der Waals surface area contributed by atoms with E-state index in [-0.39, 0.29) is 11.9 Å². The number of nitrogens with two attached hydrogens (primary N) is 1. The first-order valence-electron chi connectivity index (χ1n) is 7.75. The fourth-order valence-electron chi connectivity index (χ4n) is 2.04. The van der Waals surface area contributed by atoms with Crippen LogP contribution in [0.1, 0.15) is 78.1 Å². The Morgan fingerprint density at radius 3 is 2.06 bits per heavy atom. The van der Waals surface area contributed by atoms with Crippen LogP contribution in [0.4, 0.5) is 0 Å². The first-order valence-corrected chi connectivity index (χ1v) is 7.75. The van der Waals surface area contributed by atoms with Crippen molar-refractivity contribution in [2.45, 2.75) is 84.1 Å². The van der Waals surface area contributed by atoms with E-state index in [1.807, 2.05) is 6.92 Å². The molecule has 0 aromatic rings. The summed E-state index contributed by atoms with van der Waals surface area (Å²) >= 11 is 0. The van der Waals surface area contributed by atoms with Gasteiger partial charge < -0.3 is 11.1 Å². The van der Waals surface area contributed by atoms with Crippen LogP contribution in [-0.2, 0) is 4.79 Å². The zero-order valence-electron chi connectivity index (χ0n) is 12.3. The van der Waals surface area contributed by atoms with Crippen molar-refractivity contribution in [1.82, 2.24) is 5.32 Å². The van der Waals surface area contributed by atoms with Crippen LogP contribution in [0.3, 0.4) is 0 Å². The molecule has 3 N–H and O–H groups in total. The molecular weight excluding hydrogens is 224 g/mol. The Balaban J connectivity index is 3.22.